The molecule has 0 spiro atoms. The smallest absolute Gasteiger partial charge is 0.117 e. The largest absolute Gasteiger partial charge is 0.244 e. The fraction of sp³-hybridized carbons (Fsp3) is 0.200. The highest BCUT2D eigenvalue weighted by atomic mass is 32.2. The van der Waals surface area contributed by atoms with Crippen molar-refractivity contribution in [1.29, 1.82) is 0 Å². The molecule has 0 bridgehead atoms. The van der Waals surface area contributed by atoms with E-state index in [-0.39, 0.29) is 0 Å². The fourth-order valence-corrected chi connectivity index (χ4v) is 2.17. The van der Waals surface area contributed by atoms with Gasteiger partial charge < -0.3 is 0 Å². The Hall–Kier alpha value is -1.14. The van der Waals surface area contributed by atoms with E-state index in [4.69, 9.17) is 0 Å². The first kappa shape index (κ1) is 11.3. The molecule has 0 fully saturated rings. The topological polar surface area (TPSA) is 51.6 Å². The molecule has 2 heterocycles. The molecule has 0 saturated heterocycles. The molecular formula is C10H10N4S2. The van der Waals surface area contributed by atoms with E-state index in [0.717, 1.165) is 21.3 Å². The summed E-state index contributed by atoms with van der Waals surface area (Å²) in [5.41, 5.74) is 1.82. The average molecular weight is 250 g/mol. The Labute approximate surface area is 102 Å². The van der Waals surface area contributed by atoms with Gasteiger partial charge in [-0.2, -0.15) is 0 Å². The molecule has 0 radical (unpaired) electrons. The van der Waals surface area contributed by atoms with Crippen LogP contribution in [0.25, 0.3) is 11.3 Å². The Morgan fingerprint density at radius 1 is 1.00 bits per heavy atom. The molecular weight excluding hydrogens is 240 g/mol. The summed E-state index contributed by atoms with van der Waals surface area (Å²) in [6.45, 7) is 0. The third kappa shape index (κ3) is 2.33. The number of aromatic nitrogens is 4. The monoisotopic (exact) mass is 250 g/mol. The molecule has 2 aromatic rings. The summed E-state index contributed by atoms with van der Waals surface area (Å²) in [4.78, 5) is 16.6. The predicted octanol–water partition coefficient (Wildman–Crippen LogP) is 2.38. The van der Waals surface area contributed by atoms with Gasteiger partial charge in [0.15, 0.2) is 0 Å². The van der Waals surface area contributed by atoms with Crippen LogP contribution < -0.4 is 0 Å². The van der Waals surface area contributed by atoms with Gasteiger partial charge in [-0.3, -0.25) is 0 Å². The van der Waals surface area contributed by atoms with E-state index in [0.29, 0.717) is 0 Å². The molecule has 2 aromatic heterocycles. The lowest BCUT2D eigenvalue weighted by Gasteiger charge is -2.04. The Balaban J connectivity index is 2.49. The minimum atomic E-state index is 0.865. The first-order valence-corrected chi connectivity index (χ1v) is 7.00. The van der Waals surface area contributed by atoms with Gasteiger partial charge >= 0.3 is 0 Å². The maximum absolute atomic E-state index is 4.25. The molecule has 0 amide bonds. The zero-order valence-electron chi connectivity index (χ0n) is 8.91. The third-order valence-electron chi connectivity index (χ3n) is 2.00. The van der Waals surface area contributed by atoms with E-state index in [1.54, 1.807) is 42.4 Å². The van der Waals surface area contributed by atoms with Gasteiger partial charge in [-0.15, -0.1) is 23.5 Å². The van der Waals surface area contributed by atoms with Crippen molar-refractivity contribution in [2.75, 3.05) is 12.5 Å². The molecule has 0 aliphatic heterocycles. The van der Waals surface area contributed by atoms with Crippen LogP contribution in [0.1, 0.15) is 0 Å². The van der Waals surface area contributed by atoms with E-state index in [9.17, 15) is 0 Å². The Kier molecular flexibility index (Phi) is 3.74. The van der Waals surface area contributed by atoms with E-state index >= 15 is 0 Å². The summed E-state index contributed by atoms with van der Waals surface area (Å²) >= 11 is 3.18. The molecule has 16 heavy (non-hydrogen) atoms. The number of nitrogens with zero attached hydrogens (tertiary/aromatic N) is 4. The minimum absolute atomic E-state index is 0.865. The van der Waals surface area contributed by atoms with Gasteiger partial charge in [0, 0.05) is 6.20 Å². The van der Waals surface area contributed by atoms with Crippen LogP contribution in [0.4, 0.5) is 0 Å². The lowest BCUT2D eigenvalue weighted by Crippen LogP contribution is -1.92. The summed E-state index contributed by atoms with van der Waals surface area (Å²) in [7, 11) is 0. The Morgan fingerprint density at radius 2 is 1.88 bits per heavy atom. The number of hydrogen-bond acceptors (Lipinski definition) is 6. The molecule has 0 aromatic carbocycles. The normalized spacial score (nSPS) is 10.4. The highest BCUT2D eigenvalue weighted by molar-refractivity contribution is 7.98. The molecule has 0 atom stereocenters. The van der Waals surface area contributed by atoms with Crippen molar-refractivity contribution >= 4 is 23.5 Å². The van der Waals surface area contributed by atoms with Crippen LogP contribution in [0.3, 0.4) is 0 Å². The lowest BCUT2D eigenvalue weighted by atomic mass is 10.2. The van der Waals surface area contributed by atoms with Crippen LogP contribution in [-0.2, 0) is 0 Å². The third-order valence-corrected chi connectivity index (χ3v) is 3.35. The van der Waals surface area contributed by atoms with Crippen molar-refractivity contribution in [2.45, 2.75) is 10.1 Å². The molecule has 0 N–H and O–H groups in total. The molecule has 0 aliphatic rings. The Bertz CT molecular complexity index is 490. The highest BCUT2D eigenvalue weighted by Crippen LogP contribution is 2.27. The standard InChI is InChI=1S/C10H10N4S2/c1-15-9-3-8(12-6-13-9)7-4-11-5-14-10(7)16-2/h3-6H,1-2H3. The summed E-state index contributed by atoms with van der Waals surface area (Å²) in [6.07, 6.45) is 8.88. The first-order valence-electron chi connectivity index (χ1n) is 4.55. The van der Waals surface area contributed by atoms with E-state index in [2.05, 4.69) is 19.9 Å². The SMILES string of the molecule is CSc1cc(-c2cncnc2SC)ncn1. The van der Waals surface area contributed by atoms with Crippen molar-refractivity contribution in [1.82, 2.24) is 19.9 Å². The van der Waals surface area contributed by atoms with Gasteiger partial charge in [0.1, 0.15) is 17.7 Å². The van der Waals surface area contributed by atoms with Crippen LogP contribution in [0.2, 0.25) is 0 Å². The van der Waals surface area contributed by atoms with Crippen LogP contribution >= 0.6 is 23.5 Å². The van der Waals surface area contributed by atoms with Crippen molar-refractivity contribution in [3.8, 4) is 11.3 Å². The maximum atomic E-state index is 4.25. The van der Waals surface area contributed by atoms with Crippen molar-refractivity contribution < 1.29 is 0 Å². The highest BCUT2D eigenvalue weighted by Gasteiger charge is 2.07. The van der Waals surface area contributed by atoms with Crippen molar-refractivity contribution in [3.63, 3.8) is 0 Å². The Morgan fingerprint density at radius 3 is 2.62 bits per heavy atom. The molecule has 6 heteroatoms. The fourth-order valence-electron chi connectivity index (χ4n) is 1.26. The molecule has 0 saturated carbocycles. The van der Waals surface area contributed by atoms with E-state index in [1.807, 2.05) is 18.6 Å². The van der Waals surface area contributed by atoms with Gasteiger partial charge in [0.2, 0.25) is 0 Å². The number of thioether (sulfide) groups is 2. The van der Waals surface area contributed by atoms with Gasteiger partial charge in [-0.1, -0.05) is 0 Å². The maximum Gasteiger partial charge on any atom is 0.117 e. The quantitative estimate of drug-likeness (QED) is 0.616. The van der Waals surface area contributed by atoms with Crippen LogP contribution in [-0.4, -0.2) is 32.4 Å². The number of rotatable bonds is 3. The average Bonchev–Trinajstić information content (AvgIpc) is 2.38. The second-order valence-corrected chi connectivity index (χ2v) is 4.51. The molecule has 4 nitrogen and oxygen atoms in total. The van der Waals surface area contributed by atoms with Crippen molar-refractivity contribution in [3.05, 3.63) is 24.9 Å². The predicted molar refractivity (Wildman–Crippen MR) is 66.6 cm³/mol. The summed E-state index contributed by atoms with van der Waals surface area (Å²) in [6, 6.07) is 1.95. The molecule has 2 rings (SSSR count). The first-order chi connectivity index (χ1) is 7.85. The lowest BCUT2D eigenvalue weighted by molar-refractivity contribution is 1.02. The minimum Gasteiger partial charge on any atom is -0.244 e. The molecule has 82 valence electrons. The zero-order valence-corrected chi connectivity index (χ0v) is 10.5. The van der Waals surface area contributed by atoms with E-state index < -0.39 is 0 Å². The van der Waals surface area contributed by atoms with Gasteiger partial charge in [0.05, 0.1) is 16.3 Å². The summed E-state index contributed by atoms with van der Waals surface area (Å²) in [5, 5.41) is 1.88. The van der Waals surface area contributed by atoms with Crippen LogP contribution in [0.15, 0.2) is 35.0 Å². The zero-order chi connectivity index (χ0) is 11.4. The van der Waals surface area contributed by atoms with Crippen LogP contribution in [0, 0.1) is 0 Å². The second-order valence-electron chi connectivity index (χ2n) is 2.89. The van der Waals surface area contributed by atoms with Gasteiger partial charge in [-0.25, -0.2) is 19.9 Å². The van der Waals surface area contributed by atoms with E-state index in [1.165, 1.54) is 0 Å². The second kappa shape index (κ2) is 5.27. The van der Waals surface area contributed by atoms with Gasteiger partial charge in [0.25, 0.3) is 0 Å². The number of hydrogen-bond donors (Lipinski definition) is 0. The summed E-state index contributed by atoms with van der Waals surface area (Å²) in [5.74, 6) is 0. The van der Waals surface area contributed by atoms with Gasteiger partial charge in [-0.05, 0) is 18.6 Å². The molecule has 0 aliphatic carbocycles. The summed E-state index contributed by atoms with van der Waals surface area (Å²) < 4.78 is 0. The molecule has 0 unspecified atom stereocenters. The van der Waals surface area contributed by atoms with Crippen molar-refractivity contribution in [2.24, 2.45) is 0 Å². The van der Waals surface area contributed by atoms with Crippen LogP contribution in [0.5, 0.6) is 0 Å².